The van der Waals surface area contributed by atoms with E-state index in [0.717, 1.165) is 34.0 Å². The maximum Gasteiger partial charge on any atom is 0.335 e. The number of carboxylic acid groups (broad SMARTS) is 1. The lowest BCUT2D eigenvalue weighted by atomic mass is 9.96. The zero-order valence-corrected chi connectivity index (χ0v) is 20.9. The Morgan fingerprint density at radius 2 is 1.83 bits per heavy atom. The first-order valence-corrected chi connectivity index (χ1v) is 12.0. The van der Waals surface area contributed by atoms with Gasteiger partial charge in [-0.05, 0) is 98.7 Å². The number of carbonyl (C=O) groups is 1. The third-order valence-electron chi connectivity index (χ3n) is 6.66. The highest BCUT2D eigenvalue weighted by atomic mass is 32.1. The Hall–Kier alpha value is -4.04. The monoisotopic (exact) mass is 500 g/mol. The number of rotatable bonds is 5. The number of benzene rings is 2. The van der Waals surface area contributed by atoms with Crippen molar-refractivity contribution in [2.45, 2.75) is 32.9 Å². The smallest absolute Gasteiger partial charge is 0.335 e. The molecule has 1 saturated heterocycles. The van der Waals surface area contributed by atoms with Crippen LogP contribution in [0.2, 0.25) is 0 Å². The number of aromatic nitrogens is 2. The summed E-state index contributed by atoms with van der Waals surface area (Å²) in [6, 6.07) is 19.2. The molecule has 0 aliphatic carbocycles. The van der Waals surface area contributed by atoms with Gasteiger partial charge in [-0.3, -0.25) is 4.98 Å². The van der Waals surface area contributed by atoms with Crippen molar-refractivity contribution in [3.8, 4) is 5.69 Å². The molecule has 0 bridgehead atoms. The average molecular weight is 501 g/mol. The minimum absolute atomic E-state index is 0.222. The molecule has 0 radical (unpaired) electrons. The van der Waals surface area contributed by atoms with Crippen molar-refractivity contribution < 1.29 is 14.3 Å². The second kappa shape index (κ2) is 9.20. The normalized spacial score (nSPS) is 17.3. The number of hydrogen-bond acceptors (Lipinski definition) is 3. The quantitative estimate of drug-likeness (QED) is 0.337. The summed E-state index contributed by atoms with van der Waals surface area (Å²) in [6.45, 7) is 5.74. The van der Waals surface area contributed by atoms with Crippen LogP contribution in [-0.4, -0.2) is 25.7 Å². The van der Waals surface area contributed by atoms with Crippen LogP contribution >= 0.6 is 12.2 Å². The zero-order valence-electron chi connectivity index (χ0n) is 20.1. The number of aryl methyl sites for hydroxylation is 2. The molecule has 0 spiro atoms. The van der Waals surface area contributed by atoms with Crippen LogP contribution in [0.15, 0.2) is 72.9 Å². The molecule has 0 amide bonds. The molecule has 182 valence electrons. The minimum atomic E-state index is -0.974. The highest BCUT2D eigenvalue weighted by Crippen LogP contribution is 2.44. The van der Waals surface area contributed by atoms with Gasteiger partial charge < -0.3 is 19.9 Å². The number of anilines is 1. The Kier molecular flexibility index (Phi) is 6.05. The van der Waals surface area contributed by atoms with E-state index in [-0.39, 0.29) is 23.5 Å². The molecule has 1 fully saturated rings. The molecule has 0 saturated carbocycles. The molecule has 36 heavy (non-hydrogen) atoms. The van der Waals surface area contributed by atoms with E-state index in [2.05, 4.69) is 16.4 Å². The SMILES string of the molecule is Cc1cc(N2C(=S)N[C@H](c3ccccn3)[C@@H]2c2cc(C)n(-c3cccc(C(=O)O)c3)c2C)ccc1F. The van der Waals surface area contributed by atoms with Crippen molar-refractivity contribution in [3.63, 3.8) is 0 Å². The van der Waals surface area contributed by atoms with E-state index in [4.69, 9.17) is 12.2 Å². The van der Waals surface area contributed by atoms with Crippen molar-refractivity contribution in [1.82, 2.24) is 14.9 Å². The molecule has 5 rings (SSSR count). The zero-order chi connectivity index (χ0) is 25.6. The van der Waals surface area contributed by atoms with Gasteiger partial charge in [-0.2, -0.15) is 0 Å². The molecule has 1 aliphatic heterocycles. The van der Waals surface area contributed by atoms with Gasteiger partial charge in [-0.15, -0.1) is 0 Å². The fraction of sp³-hybridized carbons (Fsp3) is 0.179. The number of nitrogens with one attached hydrogen (secondary N) is 1. The van der Waals surface area contributed by atoms with E-state index < -0.39 is 5.97 Å². The Labute approximate surface area is 214 Å². The topological polar surface area (TPSA) is 70.4 Å². The molecule has 4 aromatic rings. The molecule has 1 aliphatic rings. The summed E-state index contributed by atoms with van der Waals surface area (Å²) in [7, 11) is 0. The standard InChI is InChI=1S/C28H25FN4O2S/c1-16-13-21(10-11-23(16)29)33-26(25(31-28(33)36)24-9-4-5-12-30-24)22-14-17(2)32(18(22)3)20-8-6-7-19(15-20)27(34)35/h4-15,25-26H,1-3H3,(H,31,36)(H,34,35)/t25-,26+/m1/s1. The first-order chi connectivity index (χ1) is 17.3. The summed E-state index contributed by atoms with van der Waals surface area (Å²) < 4.78 is 16.2. The third kappa shape index (κ3) is 4.03. The second-order valence-electron chi connectivity index (χ2n) is 8.95. The summed E-state index contributed by atoms with van der Waals surface area (Å²) >= 11 is 5.80. The van der Waals surface area contributed by atoms with Crippen molar-refractivity contribution in [2.75, 3.05) is 4.90 Å². The van der Waals surface area contributed by atoms with Crippen molar-refractivity contribution in [1.29, 1.82) is 0 Å². The highest BCUT2D eigenvalue weighted by Gasteiger charge is 2.42. The molecule has 2 N–H and O–H groups in total. The van der Waals surface area contributed by atoms with Crippen molar-refractivity contribution >= 4 is 29.0 Å². The van der Waals surface area contributed by atoms with Gasteiger partial charge in [0, 0.05) is 29.0 Å². The van der Waals surface area contributed by atoms with E-state index >= 15 is 0 Å². The summed E-state index contributed by atoms with van der Waals surface area (Å²) in [4.78, 5) is 18.2. The number of carboxylic acids is 1. The van der Waals surface area contributed by atoms with Crippen LogP contribution in [0.3, 0.4) is 0 Å². The Morgan fingerprint density at radius 1 is 1.03 bits per heavy atom. The molecule has 2 aromatic heterocycles. The van der Waals surface area contributed by atoms with E-state index in [9.17, 15) is 14.3 Å². The number of hydrogen-bond donors (Lipinski definition) is 2. The summed E-state index contributed by atoms with van der Waals surface area (Å²) in [5.74, 6) is -1.25. The number of halogens is 1. The van der Waals surface area contributed by atoms with Gasteiger partial charge in [0.1, 0.15) is 5.82 Å². The van der Waals surface area contributed by atoms with Crippen molar-refractivity contribution in [3.05, 3.63) is 113 Å². The fourth-order valence-electron chi connectivity index (χ4n) is 4.99. The predicted octanol–water partition coefficient (Wildman–Crippen LogP) is 5.81. The molecule has 2 atom stereocenters. The Balaban J connectivity index is 1.68. The second-order valence-corrected chi connectivity index (χ2v) is 9.33. The van der Waals surface area contributed by atoms with Crippen LogP contribution in [0, 0.1) is 26.6 Å². The average Bonchev–Trinajstić information content (AvgIpc) is 3.36. The first kappa shape index (κ1) is 23.7. The van der Waals surface area contributed by atoms with Gasteiger partial charge in [0.2, 0.25) is 0 Å². The molecule has 2 aromatic carbocycles. The lowest BCUT2D eigenvalue weighted by Crippen LogP contribution is -2.29. The van der Waals surface area contributed by atoms with Gasteiger partial charge in [0.25, 0.3) is 0 Å². The van der Waals surface area contributed by atoms with Crippen LogP contribution < -0.4 is 10.2 Å². The summed E-state index contributed by atoms with van der Waals surface area (Å²) in [6.07, 6.45) is 1.75. The minimum Gasteiger partial charge on any atom is -0.478 e. The van der Waals surface area contributed by atoms with Crippen LogP contribution in [0.4, 0.5) is 10.1 Å². The number of nitrogens with zero attached hydrogens (tertiary/aromatic N) is 3. The van der Waals surface area contributed by atoms with Crippen LogP contribution in [0.1, 0.15) is 50.7 Å². The van der Waals surface area contributed by atoms with Gasteiger partial charge >= 0.3 is 5.97 Å². The highest BCUT2D eigenvalue weighted by molar-refractivity contribution is 7.80. The molecular formula is C28H25FN4O2S. The van der Waals surface area contributed by atoms with Crippen LogP contribution in [0.5, 0.6) is 0 Å². The molecule has 3 heterocycles. The predicted molar refractivity (Wildman–Crippen MR) is 141 cm³/mol. The molecule has 6 nitrogen and oxygen atoms in total. The largest absolute Gasteiger partial charge is 0.478 e. The van der Waals surface area contributed by atoms with Crippen molar-refractivity contribution in [2.24, 2.45) is 0 Å². The molecular weight excluding hydrogens is 475 g/mol. The Morgan fingerprint density at radius 3 is 2.53 bits per heavy atom. The van der Waals surface area contributed by atoms with Gasteiger partial charge in [0.15, 0.2) is 5.11 Å². The van der Waals surface area contributed by atoms with E-state index in [1.54, 1.807) is 43.5 Å². The number of thiocarbonyl (C=S) groups is 1. The number of aromatic carboxylic acids is 1. The van der Waals surface area contributed by atoms with E-state index in [1.807, 2.05) is 47.6 Å². The molecule has 0 unspecified atom stereocenters. The van der Waals surface area contributed by atoms with Crippen LogP contribution in [-0.2, 0) is 0 Å². The maximum atomic E-state index is 14.1. The Bertz CT molecular complexity index is 1480. The third-order valence-corrected chi connectivity index (χ3v) is 6.97. The van der Waals surface area contributed by atoms with Gasteiger partial charge in [-0.1, -0.05) is 12.1 Å². The van der Waals surface area contributed by atoms with Crippen LogP contribution in [0.25, 0.3) is 5.69 Å². The number of pyridine rings is 1. The van der Waals surface area contributed by atoms with Gasteiger partial charge in [0.05, 0.1) is 23.3 Å². The molecule has 8 heteroatoms. The van der Waals surface area contributed by atoms with Gasteiger partial charge in [-0.25, -0.2) is 9.18 Å². The fourth-order valence-corrected chi connectivity index (χ4v) is 5.34. The lowest BCUT2D eigenvalue weighted by molar-refractivity contribution is 0.0697. The van der Waals surface area contributed by atoms with E-state index in [1.165, 1.54) is 6.07 Å². The summed E-state index contributed by atoms with van der Waals surface area (Å²) in [5, 5.41) is 13.5. The first-order valence-electron chi connectivity index (χ1n) is 11.6. The van der Waals surface area contributed by atoms with E-state index in [0.29, 0.717) is 10.7 Å². The summed E-state index contributed by atoms with van der Waals surface area (Å²) in [5.41, 5.74) is 6.07. The lowest BCUT2D eigenvalue weighted by Gasteiger charge is -2.28. The maximum absolute atomic E-state index is 14.1.